The van der Waals surface area contributed by atoms with Gasteiger partial charge in [0.25, 0.3) is 5.91 Å². The van der Waals surface area contributed by atoms with Crippen molar-refractivity contribution in [1.82, 2.24) is 10.2 Å². The number of hydrogen-bond acceptors (Lipinski definition) is 2. The van der Waals surface area contributed by atoms with Gasteiger partial charge >= 0.3 is 6.03 Å². The molecule has 0 bridgehead atoms. The average Bonchev–Trinajstić information content (AvgIpc) is 2.54. The number of benzene rings is 1. The van der Waals surface area contributed by atoms with Gasteiger partial charge in [0.05, 0.1) is 6.54 Å². The van der Waals surface area contributed by atoms with E-state index < -0.39 is 5.54 Å². The highest BCUT2D eigenvalue weighted by molar-refractivity contribution is 9.10. The lowest BCUT2D eigenvalue weighted by molar-refractivity contribution is -0.130. The number of imide groups is 1. The molecule has 2 rings (SSSR count). The van der Waals surface area contributed by atoms with Crippen LogP contribution in [0.4, 0.5) is 4.79 Å². The van der Waals surface area contributed by atoms with Gasteiger partial charge in [-0.05, 0) is 31.5 Å². The number of urea groups is 1. The summed E-state index contributed by atoms with van der Waals surface area (Å²) in [6, 6.07) is 7.00. The Kier molecular flexibility index (Phi) is 3.49. The maximum Gasteiger partial charge on any atom is 0.325 e. The molecule has 0 radical (unpaired) electrons. The van der Waals surface area contributed by atoms with Gasteiger partial charge in [0.1, 0.15) is 5.54 Å². The third-order valence-corrected chi connectivity index (χ3v) is 3.60. The summed E-state index contributed by atoms with van der Waals surface area (Å²) in [6.45, 7) is 7.49. The second-order valence-corrected chi connectivity index (χ2v) is 5.83. The Balaban J connectivity index is 2.38. The van der Waals surface area contributed by atoms with Crippen molar-refractivity contribution in [2.24, 2.45) is 0 Å². The van der Waals surface area contributed by atoms with E-state index in [1.54, 1.807) is 13.8 Å². The van der Waals surface area contributed by atoms with E-state index in [0.717, 1.165) is 15.6 Å². The molecule has 1 saturated heterocycles. The lowest BCUT2D eigenvalue weighted by Gasteiger charge is -2.22. The highest BCUT2D eigenvalue weighted by atomic mass is 79.9. The molecule has 1 aromatic carbocycles. The molecule has 1 aliphatic heterocycles. The van der Waals surface area contributed by atoms with Crippen molar-refractivity contribution in [3.8, 4) is 0 Å². The fourth-order valence-corrected chi connectivity index (χ4v) is 2.50. The second kappa shape index (κ2) is 4.81. The Morgan fingerprint density at radius 2 is 2.16 bits per heavy atom. The molecular weight excluding hydrogens is 308 g/mol. The van der Waals surface area contributed by atoms with E-state index in [1.165, 1.54) is 4.90 Å². The average molecular weight is 323 g/mol. The molecule has 19 heavy (non-hydrogen) atoms. The smallest absolute Gasteiger partial charge is 0.319 e. The first-order valence-corrected chi connectivity index (χ1v) is 6.68. The predicted molar refractivity (Wildman–Crippen MR) is 76.6 cm³/mol. The minimum Gasteiger partial charge on any atom is -0.319 e. The largest absolute Gasteiger partial charge is 0.325 e. The maximum absolute atomic E-state index is 12.5. The lowest BCUT2D eigenvalue weighted by Crippen LogP contribution is -2.41. The Morgan fingerprint density at radius 1 is 1.47 bits per heavy atom. The second-order valence-electron chi connectivity index (χ2n) is 4.91. The summed E-state index contributed by atoms with van der Waals surface area (Å²) in [5.74, 6) is -0.251. The fourth-order valence-electron chi connectivity index (χ4n) is 2.11. The van der Waals surface area contributed by atoms with Gasteiger partial charge in [-0.3, -0.25) is 9.69 Å². The van der Waals surface area contributed by atoms with Gasteiger partial charge in [0, 0.05) is 4.47 Å². The van der Waals surface area contributed by atoms with Crippen LogP contribution in [0.1, 0.15) is 19.4 Å². The van der Waals surface area contributed by atoms with E-state index in [4.69, 9.17) is 0 Å². The lowest BCUT2D eigenvalue weighted by atomic mass is 9.92. The Hall–Kier alpha value is -1.62. The van der Waals surface area contributed by atoms with Crippen molar-refractivity contribution in [3.63, 3.8) is 0 Å². The molecule has 0 unspecified atom stereocenters. The molecule has 4 nitrogen and oxygen atoms in total. The van der Waals surface area contributed by atoms with Gasteiger partial charge < -0.3 is 5.32 Å². The number of rotatable bonds is 3. The summed E-state index contributed by atoms with van der Waals surface area (Å²) in [6.07, 6.45) is 0. The molecule has 1 aliphatic rings. The molecule has 5 heteroatoms. The van der Waals surface area contributed by atoms with Crippen LogP contribution in [0, 0.1) is 0 Å². The van der Waals surface area contributed by atoms with Crippen LogP contribution in [-0.2, 0) is 10.3 Å². The first-order chi connectivity index (χ1) is 8.84. The number of nitrogens with zero attached hydrogens (tertiary/aromatic N) is 1. The number of hydrogen-bond donors (Lipinski definition) is 1. The summed E-state index contributed by atoms with van der Waals surface area (Å²) in [5.41, 5.74) is 0.502. The van der Waals surface area contributed by atoms with E-state index in [0.29, 0.717) is 0 Å². The summed E-state index contributed by atoms with van der Waals surface area (Å²) in [5, 5.41) is 2.75. The SMILES string of the molecule is C=C(C)CN1C(=O)N[C@@](C)(c2cccc(Br)c2)C1=O. The van der Waals surface area contributed by atoms with Crippen LogP contribution in [0.25, 0.3) is 0 Å². The molecule has 0 aliphatic carbocycles. The minimum absolute atomic E-state index is 0.244. The van der Waals surface area contributed by atoms with Crippen molar-refractivity contribution >= 4 is 27.9 Å². The predicted octanol–water partition coefficient (Wildman–Crippen LogP) is 2.79. The molecule has 100 valence electrons. The summed E-state index contributed by atoms with van der Waals surface area (Å²) in [7, 11) is 0. The molecule has 0 spiro atoms. The molecule has 0 saturated carbocycles. The topological polar surface area (TPSA) is 49.4 Å². The fraction of sp³-hybridized carbons (Fsp3) is 0.286. The van der Waals surface area contributed by atoms with Crippen molar-refractivity contribution in [2.45, 2.75) is 19.4 Å². The number of halogens is 1. The van der Waals surface area contributed by atoms with Crippen LogP contribution in [-0.4, -0.2) is 23.4 Å². The van der Waals surface area contributed by atoms with Gasteiger partial charge in [-0.1, -0.05) is 40.2 Å². The maximum atomic E-state index is 12.5. The van der Waals surface area contributed by atoms with Gasteiger partial charge in [0.15, 0.2) is 0 Å². The van der Waals surface area contributed by atoms with Crippen molar-refractivity contribution in [3.05, 3.63) is 46.5 Å². The van der Waals surface area contributed by atoms with Crippen LogP contribution >= 0.6 is 15.9 Å². The van der Waals surface area contributed by atoms with Crippen LogP contribution < -0.4 is 5.32 Å². The molecule has 1 aromatic rings. The highest BCUT2D eigenvalue weighted by Crippen LogP contribution is 2.30. The first kappa shape index (κ1) is 13.8. The van der Waals surface area contributed by atoms with Crippen molar-refractivity contribution < 1.29 is 9.59 Å². The molecule has 1 fully saturated rings. The molecule has 1 atom stereocenters. The van der Waals surface area contributed by atoms with Crippen molar-refractivity contribution in [1.29, 1.82) is 0 Å². The zero-order chi connectivity index (χ0) is 14.2. The third kappa shape index (κ3) is 2.42. The highest BCUT2D eigenvalue weighted by Gasteiger charge is 2.48. The van der Waals surface area contributed by atoms with E-state index in [9.17, 15) is 9.59 Å². The number of amides is 3. The first-order valence-electron chi connectivity index (χ1n) is 5.89. The molecule has 1 N–H and O–H groups in total. The van der Waals surface area contributed by atoms with E-state index in [2.05, 4.69) is 27.8 Å². The zero-order valence-electron chi connectivity index (χ0n) is 10.9. The van der Waals surface area contributed by atoms with E-state index >= 15 is 0 Å². The van der Waals surface area contributed by atoms with Crippen LogP contribution in [0.3, 0.4) is 0 Å². The quantitative estimate of drug-likeness (QED) is 0.687. The number of carbonyl (C=O) groups excluding carboxylic acids is 2. The summed E-state index contributed by atoms with van der Waals surface area (Å²) >= 11 is 3.37. The van der Waals surface area contributed by atoms with Crippen LogP contribution in [0.2, 0.25) is 0 Å². The molecule has 3 amide bonds. The Labute approximate surface area is 120 Å². The molecular formula is C14H15BrN2O2. The van der Waals surface area contributed by atoms with Crippen molar-refractivity contribution in [2.75, 3.05) is 6.54 Å². The van der Waals surface area contributed by atoms with Gasteiger partial charge in [0.2, 0.25) is 0 Å². The number of nitrogens with one attached hydrogen (secondary N) is 1. The van der Waals surface area contributed by atoms with E-state index in [1.807, 2.05) is 24.3 Å². The minimum atomic E-state index is -1.02. The third-order valence-electron chi connectivity index (χ3n) is 3.10. The zero-order valence-corrected chi connectivity index (χ0v) is 12.5. The molecule has 1 heterocycles. The summed E-state index contributed by atoms with van der Waals surface area (Å²) < 4.78 is 0.867. The summed E-state index contributed by atoms with van der Waals surface area (Å²) in [4.78, 5) is 25.6. The Morgan fingerprint density at radius 3 is 2.74 bits per heavy atom. The van der Waals surface area contributed by atoms with Gasteiger partial charge in [-0.25, -0.2) is 4.79 Å². The normalized spacial score (nSPS) is 22.6. The standard InChI is InChI=1S/C14H15BrN2O2/c1-9(2)8-17-12(18)14(3,16-13(17)19)10-5-4-6-11(15)7-10/h4-7H,1,8H2,2-3H3,(H,16,19)/t14-/m0/s1. The van der Waals surface area contributed by atoms with Crippen LogP contribution in [0.15, 0.2) is 40.9 Å². The Bertz CT molecular complexity index is 570. The van der Waals surface area contributed by atoms with E-state index in [-0.39, 0.29) is 18.5 Å². The van der Waals surface area contributed by atoms with Gasteiger partial charge in [-0.2, -0.15) is 0 Å². The van der Waals surface area contributed by atoms with Crippen LogP contribution in [0.5, 0.6) is 0 Å². The molecule has 0 aromatic heterocycles. The monoisotopic (exact) mass is 322 g/mol. The number of carbonyl (C=O) groups is 2. The van der Waals surface area contributed by atoms with Gasteiger partial charge in [-0.15, -0.1) is 0 Å².